The molecule has 0 aromatic carbocycles. The fraction of sp³-hybridized carbons (Fsp3) is 0.762. The van der Waals surface area contributed by atoms with Crippen LogP contribution < -0.4 is 5.32 Å². The van der Waals surface area contributed by atoms with E-state index < -0.39 is 44.4 Å². The predicted octanol–water partition coefficient (Wildman–Crippen LogP) is 4.14. The molecule has 0 aromatic heterocycles. The van der Waals surface area contributed by atoms with Gasteiger partial charge in [0.2, 0.25) is 0 Å². The van der Waals surface area contributed by atoms with Gasteiger partial charge in [0.15, 0.2) is 8.32 Å². The lowest BCUT2D eigenvalue weighted by molar-refractivity contribution is -0.0202. The summed E-state index contributed by atoms with van der Waals surface area (Å²) in [5.41, 5.74) is -0.686. The van der Waals surface area contributed by atoms with Gasteiger partial charge in [-0.05, 0) is 52.8 Å². The third-order valence-corrected chi connectivity index (χ3v) is 9.37. The van der Waals surface area contributed by atoms with Crippen LogP contribution >= 0.6 is 0 Å². The van der Waals surface area contributed by atoms with Crippen LogP contribution in [0, 0.1) is 0 Å². The standard InChI is InChI=1S/C21H41NO5Si/c1-11-12-13-14-16(23)17(22-19(25)26-20(3,4)5)18(24)15(2)27-28(9,10)21(6,7)8/h11-18,23-24H,1-10H3,(H,22,25)/b12-11+,14-13+/t15-,16+,17-,18-/m1/s1. The molecule has 0 aliphatic rings. The zero-order valence-electron chi connectivity index (χ0n) is 19.2. The molecule has 4 atom stereocenters. The van der Waals surface area contributed by atoms with Gasteiger partial charge >= 0.3 is 6.09 Å². The lowest BCUT2D eigenvalue weighted by atomic mass is 10.0. The van der Waals surface area contributed by atoms with Crippen LogP contribution in [0.1, 0.15) is 55.4 Å². The zero-order chi connectivity index (χ0) is 22.3. The number of aliphatic hydroxyl groups excluding tert-OH is 2. The highest BCUT2D eigenvalue weighted by Crippen LogP contribution is 2.37. The Balaban J connectivity index is 5.49. The summed E-state index contributed by atoms with van der Waals surface area (Å²) in [5, 5.41) is 24.0. The number of nitrogens with one attached hydrogen (secondary N) is 1. The van der Waals surface area contributed by atoms with E-state index >= 15 is 0 Å². The molecular weight excluding hydrogens is 374 g/mol. The molecule has 0 rings (SSSR count). The van der Waals surface area contributed by atoms with Gasteiger partial charge in [-0.15, -0.1) is 0 Å². The van der Waals surface area contributed by atoms with Crippen molar-refractivity contribution in [2.24, 2.45) is 0 Å². The monoisotopic (exact) mass is 415 g/mol. The summed E-state index contributed by atoms with van der Waals surface area (Å²) in [7, 11) is -2.14. The highest BCUT2D eigenvalue weighted by atomic mass is 28.4. The van der Waals surface area contributed by atoms with Crippen molar-refractivity contribution in [1.82, 2.24) is 5.32 Å². The molecule has 0 unspecified atom stereocenters. The molecule has 0 aromatic rings. The second-order valence-corrected chi connectivity index (χ2v) is 14.4. The molecule has 0 saturated carbocycles. The summed E-state index contributed by atoms with van der Waals surface area (Å²) in [6.45, 7) is 19.4. The molecule has 0 bridgehead atoms. The van der Waals surface area contributed by atoms with Crippen LogP contribution in [0.15, 0.2) is 24.3 Å². The Morgan fingerprint density at radius 3 is 2.04 bits per heavy atom. The zero-order valence-corrected chi connectivity index (χ0v) is 20.2. The summed E-state index contributed by atoms with van der Waals surface area (Å²) in [4.78, 5) is 12.2. The van der Waals surface area contributed by atoms with Crippen LogP contribution in [0.2, 0.25) is 18.1 Å². The number of allylic oxidation sites excluding steroid dienone is 3. The van der Waals surface area contributed by atoms with Crippen LogP contribution in [0.25, 0.3) is 0 Å². The first-order chi connectivity index (χ1) is 12.5. The normalized spacial score (nSPS) is 18.1. The molecule has 3 N–H and O–H groups in total. The molecule has 7 heteroatoms. The highest BCUT2D eigenvalue weighted by molar-refractivity contribution is 6.74. The SMILES string of the molecule is C/C=C/C=C/[C@H](O)[C@@H](NC(=O)OC(C)(C)C)[C@H](O)[C@@H](C)O[Si](C)(C)C(C)(C)C. The Morgan fingerprint density at radius 1 is 1.07 bits per heavy atom. The van der Waals surface area contributed by atoms with Gasteiger partial charge in [-0.2, -0.15) is 0 Å². The van der Waals surface area contributed by atoms with E-state index in [1.54, 1.807) is 39.8 Å². The first-order valence-electron chi connectivity index (χ1n) is 9.85. The minimum Gasteiger partial charge on any atom is -0.444 e. The number of rotatable bonds is 8. The van der Waals surface area contributed by atoms with E-state index in [-0.39, 0.29) is 5.04 Å². The van der Waals surface area contributed by atoms with E-state index in [4.69, 9.17) is 9.16 Å². The van der Waals surface area contributed by atoms with E-state index in [0.717, 1.165) is 0 Å². The summed E-state index contributed by atoms with van der Waals surface area (Å²) in [5.74, 6) is 0. The quantitative estimate of drug-likeness (QED) is 0.409. The van der Waals surface area contributed by atoms with Gasteiger partial charge < -0.3 is 24.7 Å². The van der Waals surface area contributed by atoms with Crippen molar-refractivity contribution in [3.63, 3.8) is 0 Å². The van der Waals surface area contributed by atoms with Crippen molar-refractivity contribution < 1.29 is 24.2 Å². The summed E-state index contributed by atoms with van der Waals surface area (Å²) in [6, 6.07) is -0.976. The first kappa shape index (κ1) is 26.8. The van der Waals surface area contributed by atoms with Crippen LogP contribution in [-0.4, -0.2) is 54.6 Å². The van der Waals surface area contributed by atoms with Gasteiger partial charge in [-0.1, -0.05) is 45.1 Å². The number of ether oxygens (including phenoxy) is 1. The molecule has 6 nitrogen and oxygen atoms in total. The Morgan fingerprint density at radius 2 is 1.61 bits per heavy atom. The molecule has 0 radical (unpaired) electrons. The Bertz CT molecular complexity index is 546. The minimum absolute atomic E-state index is 0.0283. The van der Waals surface area contributed by atoms with E-state index in [1.165, 1.54) is 6.08 Å². The van der Waals surface area contributed by atoms with Crippen molar-refractivity contribution in [2.75, 3.05) is 0 Å². The van der Waals surface area contributed by atoms with Crippen molar-refractivity contribution in [3.8, 4) is 0 Å². The smallest absolute Gasteiger partial charge is 0.408 e. The van der Waals surface area contributed by atoms with Gasteiger partial charge in [0.05, 0.1) is 18.2 Å². The third kappa shape index (κ3) is 9.36. The van der Waals surface area contributed by atoms with E-state index in [2.05, 4.69) is 39.2 Å². The number of carbonyl (C=O) groups excluding carboxylic acids is 1. The van der Waals surface area contributed by atoms with Crippen LogP contribution in [0.5, 0.6) is 0 Å². The predicted molar refractivity (Wildman–Crippen MR) is 117 cm³/mol. The van der Waals surface area contributed by atoms with Gasteiger partial charge in [0.25, 0.3) is 0 Å². The molecule has 1 amide bonds. The lowest BCUT2D eigenvalue weighted by Crippen LogP contribution is -2.57. The van der Waals surface area contributed by atoms with Crippen molar-refractivity contribution in [3.05, 3.63) is 24.3 Å². The first-order valence-corrected chi connectivity index (χ1v) is 12.8. The van der Waals surface area contributed by atoms with Crippen LogP contribution in [-0.2, 0) is 9.16 Å². The molecule has 0 aliphatic heterocycles. The van der Waals surface area contributed by atoms with Gasteiger partial charge in [0.1, 0.15) is 11.7 Å². The molecule has 0 saturated heterocycles. The van der Waals surface area contributed by atoms with E-state index in [0.29, 0.717) is 0 Å². The third-order valence-electron chi connectivity index (χ3n) is 4.80. The molecule has 0 aliphatic carbocycles. The van der Waals surface area contributed by atoms with Crippen LogP contribution in [0.3, 0.4) is 0 Å². The molecule has 164 valence electrons. The summed E-state index contributed by atoms with van der Waals surface area (Å²) < 4.78 is 11.5. The second-order valence-electron chi connectivity index (χ2n) is 9.65. The minimum atomic E-state index is -2.14. The van der Waals surface area contributed by atoms with E-state index in [1.807, 2.05) is 13.0 Å². The van der Waals surface area contributed by atoms with Crippen molar-refractivity contribution in [1.29, 1.82) is 0 Å². The van der Waals surface area contributed by atoms with E-state index in [9.17, 15) is 15.0 Å². The summed E-state index contributed by atoms with van der Waals surface area (Å²) >= 11 is 0. The topological polar surface area (TPSA) is 88.0 Å². The molecular formula is C21H41NO5Si. The number of hydrogen-bond donors (Lipinski definition) is 3. The van der Waals surface area contributed by atoms with Crippen molar-refractivity contribution in [2.45, 2.75) is 103 Å². The average Bonchev–Trinajstić information content (AvgIpc) is 2.48. The second kappa shape index (κ2) is 10.6. The highest BCUT2D eigenvalue weighted by Gasteiger charge is 2.41. The maximum Gasteiger partial charge on any atom is 0.408 e. The lowest BCUT2D eigenvalue weighted by Gasteiger charge is -2.41. The number of hydrogen-bond acceptors (Lipinski definition) is 5. The fourth-order valence-electron chi connectivity index (χ4n) is 2.23. The molecule has 0 spiro atoms. The van der Waals surface area contributed by atoms with Crippen LogP contribution in [0.4, 0.5) is 4.79 Å². The summed E-state index contributed by atoms with van der Waals surface area (Å²) in [6.07, 6.45) is 3.26. The van der Waals surface area contributed by atoms with Gasteiger partial charge in [0, 0.05) is 0 Å². The largest absolute Gasteiger partial charge is 0.444 e. The average molecular weight is 416 g/mol. The Labute approximate surface area is 172 Å². The van der Waals surface area contributed by atoms with Gasteiger partial charge in [-0.3, -0.25) is 0 Å². The molecule has 28 heavy (non-hydrogen) atoms. The molecule has 0 fully saturated rings. The number of amides is 1. The molecule has 0 heterocycles. The number of alkyl carbamates (subject to hydrolysis) is 1. The maximum atomic E-state index is 12.2. The Hall–Kier alpha value is -1.15. The number of carbonyl (C=O) groups is 1. The van der Waals surface area contributed by atoms with Gasteiger partial charge in [-0.25, -0.2) is 4.79 Å². The maximum absolute atomic E-state index is 12.2. The number of aliphatic hydroxyl groups is 2. The Kier molecular flexibility index (Phi) is 10.1. The van der Waals surface area contributed by atoms with Crippen molar-refractivity contribution >= 4 is 14.4 Å². The fourth-order valence-corrected chi connectivity index (χ4v) is 3.65.